The number of hydrazine groups is 1. The van der Waals surface area contributed by atoms with Crippen molar-refractivity contribution in [3.8, 4) is 11.5 Å². The van der Waals surface area contributed by atoms with E-state index in [1.165, 1.54) is 4.68 Å². The second-order valence-corrected chi connectivity index (χ2v) is 9.57. The molecule has 0 bridgehead atoms. The zero-order valence-electron chi connectivity index (χ0n) is 21.2. The Morgan fingerprint density at radius 1 is 1.22 bits per heavy atom. The molecule has 11 heteroatoms. The van der Waals surface area contributed by atoms with Crippen molar-refractivity contribution in [1.29, 1.82) is 0 Å². The molecular weight excluding hydrogens is 474 g/mol. The molecule has 37 heavy (non-hydrogen) atoms. The third-order valence-electron chi connectivity index (χ3n) is 6.89. The highest BCUT2D eigenvalue weighted by Gasteiger charge is 2.38. The summed E-state index contributed by atoms with van der Waals surface area (Å²) in [4.78, 5) is 39.3. The number of benzene rings is 1. The number of nitrogens with zero attached hydrogens (tertiary/aromatic N) is 5. The van der Waals surface area contributed by atoms with Gasteiger partial charge in [-0.05, 0) is 24.0 Å². The van der Waals surface area contributed by atoms with Crippen molar-refractivity contribution in [3.05, 3.63) is 53.2 Å². The number of aromatic nitrogens is 3. The summed E-state index contributed by atoms with van der Waals surface area (Å²) in [5.74, 6) is -0.479. The Labute approximate surface area is 214 Å². The van der Waals surface area contributed by atoms with Crippen molar-refractivity contribution in [2.75, 3.05) is 18.4 Å². The summed E-state index contributed by atoms with van der Waals surface area (Å²) in [6.07, 6.45) is 1.60. The molecule has 0 unspecified atom stereocenters. The summed E-state index contributed by atoms with van der Waals surface area (Å²) in [6, 6.07) is 10.4. The second-order valence-electron chi connectivity index (χ2n) is 9.57. The molecule has 0 spiro atoms. The van der Waals surface area contributed by atoms with Crippen LogP contribution in [0.4, 0.5) is 5.82 Å². The van der Waals surface area contributed by atoms with Gasteiger partial charge >= 0.3 is 0 Å². The lowest BCUT2D eigenvalue weighted by Gasteiger charge is -2.28. The predicted molar refractivity (Wildman–Crippen MR) is 135 cm³/mol. The normalized spacial score (nSPS) is 18.2. The Balaban J connectivity index is 1.24. The van der Waals surface area contributed by atoms with Gasteiger partial charge in [-0.1, -0.05) is 43.3 Å². The molecule has 11 nitrogen and oxygen atoms in total. The number of amides is 3. The van der Waals surface area contributed by atoms with Crippen LogP contribution in [0, 0.1) is 5.92 Å². The number of rotatable bonds is 7. The van der Waals surface area contributed by atoms with Crippen molar-refractivity contribution in [2.45, 2.75) is 45.7 Å². The summed E-state index contributed by atoms with van der Waals surface area (Å²) < 4.78 is 6.86. The molecule has 5 rings (SSSR count). The Kier molecular flexibility index (Phi) is 6.79. The number of carbonyl (C=O) groups excluding carboxylic acids is 3. The van der Waals surface area contributed by atoms with E-state index in [1.807, 2.05) is 42.3 Å². The van der Waals surface area contributed by atoms with Gasteiger partial charge in [-0.3, -0.25) is 24.1 Å². The lowest BCUT2D eigenvalue weighted by Crippen LogP contribution is -2.46. The van der Waals surface area contributed by atoms with Crippen LogP contribution in [0.3, 0.4) is 0 Å². The van der Waals surface area contributed by atoms with Crippen molar-refractivity contribution in [3.63, 3.8) is 0 Å². The van der Waals surface area contributed by atoms with Gasteiger partial charge in [0.2, 0.25) is 11.8 Å². The fraction of sp³-hybridized carbons (Fsp3) is 0.423. The van der Waals surface area contributed by atoms with E-state index in [9.17, 15) is 14.4 Å². The van der Waals surface area contributed by atoms with Crippen molar-refractivity contribution in [1.82, 2.24) is 30.3 Å². The number of anilines is 1. The molecule has 4 heterocycles. The van der Waals surface area contributed by atoms with Gasteiger partial charge < -0.3 is 15.2 Å². The summed E-state index contributed by atoms with van der Waals surface area (Å²) in [6.45, 7) is 5.74. The molecule has 2 aliphatic rings. The van der Waals surface area contributed by atoms with E-state index in [-0.39, 0.29) is 24.1 Å². The lowest BCUT2D eigenvalue weighted by atomic mass is 9.98. The highest BCUT2D eigenvalue weighted by molar-refractivity contribution is 5.95. The minimum atomic E-state index is -0.785. The molecule has 1 fully saturated rings. The topological polar surface area (TPSA) is 126 Å². The first-order chi connectivity index (χ1) is 17.8. The SMILES string of the molecule is CCc1cc(-c2cc(NC(=O)C[C@@H](C)C(=O)N[C@@H]3C(=O)N4CCCN4Cc4ccccc43)n(C)n2)on1. The molecule has 2 aromatic heterocycles. The van der Waals surface area contributed by atoms with Crippen molar-refractivity contribution >= 4 is 23.5 Å². The average Bonchev–Trinajstić information content (AvgIpc) is 3.61. The van der Waals surface area contributed by atoms with Crippen LogP contribution in [0.5, 0.6) is 0 Å². The Morgan fingerprint density at radius 2 is 2.03 bits per heavy atom. The maximum absolute atomic E-state index is 13.4. The molecule has 3 amide bonds. The zero-order valence-corrected chi connectivity index (χ0v) is 21.2. The quantitative estimate of drug-likeness (QED) is 0.505. The minimum absolute atomic E-state index is 0.0486. The van der Waals surface area contributed by atoms with Crippen LogP contribution < -0.4 is 10.6 Å². The number of fused-ring (bicyclic) bond motifs is 2. The molecule has 194 valence electrons. The van der Waals surface area contributed by atoms with Gasteiger partial charge in [-0.2, -0.15) is 5.10 Å². The lowest BCUT2D eigenvalue weighted by molar-refractivity contribution is -0.148. The van der Waals surface area contributed by atoms with Gasteiger partial charge in [-0.15, -0.1) is 0 Å². The number of aryl methyl sites for hydroxylation is 2. The van der Waals surface area contributed by atoms with E-state index in [4.69, 9.17) is 4.52 Å². The van der Waals surface area contributed by atoms with Gasteiger partial charge in [0.05, 0.1) is 5.69 Å². The van der Waals surface area contributed by atoms with E-state index in [0.717, 1.165) is 36.2 Å². The van der Waals surface area contributed by atoms with Crippen LogP contribution >= 0.6 is 0 Å². The molecule has 2 N–H and O–H groups in total. The molecule has 2 atom stereocenters. The monoisotopic (exact) mass is 505 g/mol. The Morgan fingerprint density at radius 3 is 2.81 bits per heavy atom. The first-order valence-electron chi connectivity index (χ1n) is 12.6. The summed E-state index contributed by atoms with van der Waals surface area (Å²) in [5.41, 5.74) is 3.18. The van der Waals surface area contributed by atoms with E-state index in [1.54, 1.807) is 25.0 Å². The Bertz CT molecular complexity index is 1330. The number of hydrogen-bond donors (Lipinski definition) is 2. The largest absolute Gasteiger partial charge is 0.354 e. The van der Waals surface area contributed by atoms with Gasteiger partial charge in [0.25, 0.3) is 5.91 Å². The van der Waals surface area contributed by atoms with Crippen molar-refractivity contribution in [2.24, 2.45) is 13.0 Å². The highest BCUT2D eigenvalue weighted by atomic mass is 16.5. The first kappa shape index (κ1) is 24.7. The van der Waals surface area contributed by atoms with Gasteiger partial charge in [-0.25, -0.2) is 5.01 Å². The van der Waals surface area contributed by atoms with Gasteiger partial charge in [0, 0.05) is 51.2 Å². The molecule has 0 radical (unpaired) electrons. The maximum atomic E-state index is 13.4. The van der Waals surface area contributed by atoms with Gasteiger partial charge in [0.1, 0.15) is 17.6 Å². The third kappa shape index (κ3) is 4.99. The molecule has 1 aromatic carbocycles. The van der Waals surface area contributed by atoms with E-state index in [0.29, 0.717) is 30.4 Å². The number of nitrogens with one attached hydrogen (secondary N) is 2. The molecule has 2 aliphatic heterocycles. The summed E-state index contributed by atoms with van der Waals surface area (Å²) >= 11 is 0. The van der Waals surface area contributed by atoms with Crippen LogP contribution in [-0.4, -0.2) is 55.8 Å². The molecule has 3 aromatic rings. The minimum Gasteiger partial charge on any atom is -0.354 e. The van der Waals surface area contributed by atoms with Crippen LogP contribution in [-0.2, 0) is 34.4 Å². The molecule has 0 aliphatic carbocycles. The maximum Gasteiger partial charge on any atom is 0.264 e. The summed E-state index contributed by atoms with van der Waals surface area (Å²) in [7, 11) is 1.71. The van der Waals surface area contributed by atoms with E-state index < -0.39 is 12.0 Å². The third-order valence-corrected chi connectivity index (χ3v) is 6.89. The Hall–Kier alpha value is -3.99. The highest BCUT2D eigenvalue weighted by Crippen LogP contribution is 2.30. The zero-order chi connectivity index (χ0) is 26.1. The fourth-order valence-electron chi connectivity index (χ4n) is 4.81. The van der Waals surface area contributed by atoms with Gasteiger partial charge in [0.15, 0.2) is 5.76 Å². The van der Waals surface area contributed by atoms with E-state index in [2.05, 4.69) is 20.9 Å². The van der Waals surface area contributed by atoms with Crippen LogP contribution in [0.1, 0.15) is 49.6 Å². The number of hydrogen-bond acceptors (Lipinski definition) is 7. The fourth-order valence-corrected chi connectivity index (χ4v) is 4.81. The molecule has 0 saturated carbocycles. The predicted octanol–water partition coefficient (Wildman–Crippen LogP) is 2.42. The second kappa shape index (κ2) is 10.2. The van der Waals surface area contributed by atoms with Crippen LogP contribution in [0.15, 0.2) is 40.9 Å². The average molecular weight is 506 g/mol. The summed E-state index contributed by atoms with van der Waals surface area (Å²) in [5, 5.41) is 17.9. The molecular formula is C26H31N7O4. The van der Waals surface area contributed by atoms with Crippen molar-refractivity contribution < 1.29 is 18.9 Å². The van der Waals surface area contributed by atoms with Crippen LogP contribution in [0.25, 0.3) is 11.5 Å². The van der Waals surface area contributed by atoms with E-state index >= 15 is 0 Å². The molecule has 1 saturated heterocycles. The number of carbonyl (C=O) groups is 3. The first-order valence-corrected chi connectivity index (χ1v) is 12.6. The standard InChI is InChI=1S/C26H31N7O4/c1-4-18-13-21(37-30-18)20-14-22(31(3)29-20)27-23(34)12-16(2)25(35)28-24-19-9-6-5-8-17(19)15-32-10-7-11-33(32)26(24)36/h5-6,8-9,13-14,16,24H,4,7,10-12,15H2,1-3H3,(H,27,34)(H,28,35)/t16-,24+/m1/s1. The smallest absolute Gasteiger partial charge is 0.264 e. The van der Waals surface area contributed by atoms with Crippen LogP contribution in [0.2, 0.25) is 0 Å².